The van der Waals surface area contributed by atoms with Crippen molar-refractivity contribution < 1.29 is 9.84 Å². The first-order valence-electron chi connectivity index (χ1n) is 8.61. The molecule has 0 bridgehead atoms. The maximum absolute atomic E-state index is 9.86. The van der Waals surface area contributed by atoms with Crippen LogP contribution < -0.4 is 10.6 Å². The maximum atomic E-state index is 9.86. The van der Waals surface area contributed by atoms with Crippen LogP contribution in [0.5, 0.6) is 0 Å². The van der Waals surface area contributed by atoms with Crippen molar-refractivity contribution in [3.8, 4) is 0 Å². The van der Waals surface area contributed by atoms with Gasteiger partial charge in [-0.3, -0.25) is 4.99 Å². The second kappa shape index (κ2) is 12.5. The van der Waals surface area contributed by atoms with Crippen molar-refractivity contribution in [2.45, 2.75) is 38.9 Å². The number of benzene rings is 1. The summed E-state index contributed by atoms with van der Waals surface area (Å²) in [4.78, 5) is 4.58. The summed E-state index contributed by atoms with van der Waals surface area (Å²) in [5.74, 6) is 1.11. The van der Waals surface area contributed by atoms with Crippen molar-refractivity contribution in [2.24, 2.45) is 10.9 Å². The number of nitrogens with zero attached hydrogens (tertiary/aromatic N) is 1. The zero-order valence-electron chi connectivity index (χ0n) is 14.4. The smallest absolute Gasteiger partial charge is 0.191 e. The van der Waals surface area contributed by atoms with Crippen LogP contribution in [0.1, 0.15) is 31.7 Å². The first-order chi connectivity index (χ1) is 11.3. The lowest BCUT2D eigenvalue weighted by molar-refractivity contribution is 0.125. The minimum absolute atomic E-state index is 0. The monoisotopic (exact) mass is 447 g/mol. The quantitative estimate of drug-likeness (QED) is 0.248. The molecule has 6 heteroatoms. The number of nitrogens with one attached hydrogen (secondary N) is 2. The van der Waals surface area contributed by atoms with E-state index in [1.807, 2.05) is 25.1 Å². The molecule has 24 heavy (non-hydrogen) atoms. The molecule has 0 amide bonds. The summed E-state index contributed by atoms with van der Waals surface area (Å²) in [7, 11) is 0. The predicted molar refractivity (Wildman–Crippen MR) is 109 cm³/mol. The molecule has 3 N–H and O–H groups in total. The Morgan fingerprint density at radius 1 is 1.25 bits per heavy atom. The van der Waals surface area contributed by atoms with Gasteiger partial charge in [0.2, 0.25) is 0 Å². The van der Waals surface area contributed by atoms with Crippen LogP contribution in [0, 0.1) is 5.92 Å². The topological polar surface area (TPSA) is 65.9 Å². The minimum atomic E-state index is -0.184. The van der Waals surface area contributed by atoms with Gasteiger partial charge >= 0.3 is 0 Å². The van der Waals surface area contributed by atoms with Gasteiger partial charge in [-0.25, -0.2) is 0 Å². The van der Waals surface area contributed by atoms with Gasteiger partial charge in [0.15, 0.2) is 5.96 Å². The molecule has 1 saturated carbocycles. The molecule has 136 valence electrons. The standard InChI is InChI=1S/C18H29N3O2.HI/c1-2-19-18(21-13-16-9-6-10-17(16)22)20-11-12-23-14-15-7-4-3-5-8-15;/h3-5,7-8,16-17,22H,2,6,9-14H2,1H3,(H2,19,20,21);1H. The Kier molecular flexibility index (Phi) is 11.0. The highest BCUT2D eigenvalue weighted by Crippen LogP contribution is 2.25. The summed E-state index contributed by atoms with van der Waals surface area (Å²) >= 11 is 0. The van der Waals surface area contributed by atoms with Crippen LogP contribution in [-0.4, -0.2) is 43.4 Å². The molecule has 0 spiro atoms. The molecule has 0 heterocycles. The number of halogens is 1. The first kappa shape index (κ1) is 21.2. The van der Waals surface area contributed by atoms with E-state index in [2.05, 4.69) is 27.8 Å². The summed E-state index contributed by atoms with van der Waals surface area (Å²) in [6, 6.07) is 10.2. The second-order valence-electron chi connectivity index (χ2n) is 5.94. The van der Waals surface area contributed by atoms with E-state index in [0.29, 0.717) is 32.2 Å². The average molecular weight is 447 g/mol. The van der Waals surface area contributed by atoms with Gasteiger partial charge in [0.05, 0.1) is 19.3 Å². The molecule has 0 radical (unpaired) electrons. The molecule has 1 aromatic rings. The first-order valence-corrected chi connectivity index (χ1v) is 8.61. The largest absolute Gasteiger partial charge is 0.393 e. The number of aliphatic hydroxyl groups excluding tert-OH is 1. The van der Waals surface area contributed by atoms with Gasteiger partial charge in [-0.2, -0.15) is 0 Å². The zero-order chi connectivity index (χ0) is 16.3. The molecule has 1 aliphatic carbocycles. The molecular formula is C18H30IN3O2. The molecule has 0 aliphatic heterocycles. The summed E-state index contributed by atoms with van der Waals surface area (Å²) in [5.41, 5.74) is 1.18. The van der Waals surface area contributed by atoms with Crippen molar-refractivity contribution in [2.75, 3.05) is 26.2 Å². The molecule has 1 aromatic carbocycles. The van der Waals surface area contributed by atoms with E-state index in [1.54, 1.807) is 0 Å². The number of guanidine groups is 1. The normalized spacial score (nSPS) is 20.5. The van der Waals surface area contributed by atoms with E-state index in [-0.39, 0.29) is 30.1 Å². The SMILES string of the molecule is CCNC(=NCC1CCCC1O)NCCOCc1ccccc1.I. The van der Waals surface area contributed by atoms with Crippen LogP contribution in [-0.2, 0) is 11.3 Å². The molecule has 0 saturated heterocycles. The van der Waals surface area contributed by atoms with Gasteiger partial charge in [0, 0.05) is 25.6 Å². The third kappa shape index (κ3) is 7.81. The Morgan fingerprint density at radius 2 is 2.04 bits per heavy atom. The summed E-state index contributed by atoms with van der Waals surface area (Å²) in [6.07, 6.45) is 2.91. The number of hydrogen-bond donors (Lipinski definition) is 3. The molecule has 5 nitrogen and oxygen atoms in total. The third-order valence-electron chi connectivity index (χ3n) is 4.10. The molecule has 1 fully saturated rings. The lowest BCUT2D eigenvalue weighted by Crippen LogP contribution is -2.39. The van der Waals surface area contributed by atoms with E-state index in [4.69, 9.17) is 4.74 Å². The zero-order valence-corrected chi connectivity index (χ0v) is 16.7. The van der Waals surface area contributed by atoms with E-state index < -0.39 is 0 Å². The van der Waals surface area contributed by atoms with Crippen molar-refractivity contribution in [3.63, 3.8) is 0 Å². The fourth-order valence-corrected chi connectivity index (χ4v) is 2.79. The van der Waals surface area contributed by atoms with Gasteiger partial charge in [-0.15, -0.1) is 24.0 Å². The number of aliphatic imine (C=N–C) groups is 1. The third-order valence-corrected chi connectivity index (χ3v) is 4.10. The molecule has 2 unspecified atom stereocenters. The molecular weight excluding hydrogens is 417 g/mol. The fraction of sp³-hybridized carbons (Fsp3) is 0.611. The van der Waals surface area contributed by atoms with Crippen LogP contribution in [0.15, 0.2) is 35.3 Å². The van der Waals surface area contributed by atoms with Crippen LogP contribution in [0.4, 0.5) is 0 Å². The minimum Gasteiger partial charge on any atom is -0.393 e. The number of rotatable bonds is 8. The van der Waals surface area contributed by atoms with Gasteiger partial charge in [-0.1, -0.05) is 36.8 Å². The van der Waals surface area contributed by atoms with Crippen LogP contribution >= 0.6 is 24.0 Å². The predicted octanol–water partition coefficient (Wildman–Crippen LogP) is 2.54. The van der Waals surface area contributed by atoms with Gasteiger partial charge in [0.25, 0.3) is 0 Å². The van der Waals surface area contributed by atoms with E-state index in [0.717, 1.165) is 31.8 Å². The Bertz CT molecular complexity index is 471. The Labute approximate surface area is 162 Å². The Hall–Kier alpha value is -0.860. The van der Waals surface area contributed by atoms with Crippen molar-refractivity contribution >= 4 is 29.9 Å². The lowest BCUT2D eigenvalue weighted by Gasteiger charge is -2.15. The van der Waals surface area contributed by atoms with Gasteiger partial charge < -0.3 is 20.5 Å². The average Bonchev–Trinajstić information content (AvgIpc) is 2.98. The van der Waals surface area contributed by atoms with Crippen LogP contribution in [0.25, 0.3) is 0 Å². The lowest BCUT2D eigenvalue weighted by atomic mass is 10.1. The Balaban J connectivity index is 0.00000288. The highest BCUT2D eigenvalue weighted by Gasteiger charge is 2.24. The highest BCUT2D eigenvalue weighted by atomic mass is 127. The molecule has 1 aliphatic rings. The Morgan fingerprint density at radius 3 is 2.71 bits per heavy atom. The number of aliphatic hydroxyl groups is 1. The molecule has 0 aromatic heterocycles. The van der Waals surface area contributed by atoms with E-state index in [1.165, 1.54) is 5.56 Å². The summed E-state index contributed by atoms with van der Waals surface area (Å²) in [5, 5.41) is 16.4. The van der Waals surface area contributed by atoms with Gasteiger partial charge in [-0.05, 0) is 25.3 Å². The van der Waals surface area contributed by atoms with Gasteiger partial charge in [0.1, 0.15) is 0 Å². The highest BCUT2D eigenvalue weighted by molar-refractivity contribution is 14.0. The maximum Gasteiger partial charge on any atom is 0.191 e. The number of ether oxygens (including phenoxy) is 1. The van der Waals surface area contributed by atoms with Crippen molar-refractivity contribution in [1.29, 1.82) is 0 Å². The van der Waals surface area contributed by atoms with Crippen LogP contribution in [0.2, 0.25) is 0 Å². The molecule has 2 atom stereocenters. The van der Waals surface area contributed by atoms with E-state index in [9.17, 15) is 5.11 Å². The summed E-state index contributed by atoms with van der Waals surface area (Å²) in [6.45, 7) is 5.53. The second-order valence-corrected chi connectivity index (χ2v) is 5.94. The van der Waals surface area contributed by atoms with Crippen molar-refractivity contribution in [1.82, 2.24) is 10.6 Å². The van der Waals surface area contributed by atoms with Crippen molar-refractivity contribution in [3.05, 3.63) is 35.9 Å². The summed E-state index contributed by atoms with van der Waals surface area (Å²) < 4.78 is 5.66. The number of hydrogen-bond acceptors (Lipinski definition) is 3. The fourth-order valence-electron chi connectivity index (χ4n) is 2.79. The van der Waals surface area contributed by atoms with Crippen LogP contribution in [0.3, 0.4) is 0 Å². The molecule has 2 rings (SSSR count). The van der Waals surface area contributed by atoms with E-state index >= 15 is 0 Å².